The van der Waals surface area contributed by atoms with E-state index in [1.54, 1.807) is 6.20 Å². The van der Waals surface area contributed by atoms with Crippen LogP contribution in [0.4, 0.5) is 0 Å². The summed E-state index contributed by atoms with van der Waals surface area (Å²) in [5, 5.41) is 3.05. The van der Waals surface area contributed by atoms with Crippen molar-refractivity contribution in [2.24, 2.45) is 11.8 Å². The Bertz CT molecular complexity index is 626. The molecular weight excluding hydrogens is 340 g/mol. The molecule has 1 aromatic rings. The molecule has 6 nitrogen and oxygen atoms in total. The summed E-state index contributed by atoms with van der Waals surface area (Å²) < 4.78 is 0. The van der Waals surface area contributed by atoms with Gasteiger partial charge in [-0.2, -0.15) is 0 Å². The Kier molecular flexibility index (Phi) is 6.83. The van der Waals surface area contributed by atoms with Crippen LogP contribution in [-0.2, 0) is 16.1 Å². The van der Waals surface area contributed by atoms with Crippen molar-refractivity contribution >= 4 is 11.8 Å². The number of amides is 2. The molecule has 0 bridgehead atoms. The third-order valence-electron chi connectivity index (χ3n) is 5.78. The van der Waals surface area contributed by atoms with Crippen molar-refractivity contribution in [2.75, 3.05) is 26.2 Å². The molecule has 2 aliphatic heterocycles. The number of aromatic nitrogens is 1. The van der Waals surface area contributed by atoms with Crippen LogP contribution in [0.15, 0.2) is 24.4 Å². The lowest BCUT2D eigenvalue weighted by atomic mass is 9.93. The Morgan fingerprint density at radius 3 is 2.63 bits per heavy atom. The summed E-state index contributed by atoms with van der Waals surface area (Å²) in [6, 6.07) is 6.24. The van der Waals surface area contributed by atoms with Crippen LogP contribution in [0.3, 0.4) is 0 Å². The molecule has 3 rings (SSSR count). The van der Waals surface area contributed by atoms with Gasteiger partial charge in [-0.15, -0.1) is 0 Å². The minimum absolute atomic E-state index is 0.0535. The first-order valence-corrected chi connectivity index (χ1v) is 10.2. The lowest BCUT2D eigenvalue weighted by Crippen LogP contribution is -2.52. The molecule has 2 saturated heterocycles. The fraction of sp³-hybridized carbons (Fsp3) is 0.667. The highest BCUT2D eigenvalue weighted by Crippen LogP contribution is 2.24. The van der Waals surface area contributed by atoms with Crippen LogP contribution in [0.25, 0.3) is 0 Å². The van der Waals surface area contributed by atoms with Crippen molar-refractivity contribution in [2.45, 2.75) is 52.1 Å². The molecule has 3 heterocycles. The Hall–Kier alpha value is -1.95. The summed E-state index contributed by atoms with van der Waals surface area (Å²) in [6.45, 7) is 8.00. The van der Waals surface area contributed by atoms with Gasteiger partial charge in [0.15, 0.2) is 0 Å². The predicted molar refractivity (Wildman–Crippen MR) is 105 cm³/mol. The second-order valence-corrected chi connectivity index (χ2v) is 8.08. The summed E-state index contributed by atoms with van der Waals surface area (Å²) in [7, 11) is 0. The van der Waals surface area contributed by atoms with Crippen LogP contribution in [0.1, 0.15) is 45.2 Å². The van der Waals surface area contributed by atoms with E-state index in [1.165, 1.54) is 0 Å². The second kappa shape index (κ2) is 9.31. The highest BCUT2D eigenvalue weighted by atomic mass is 16.2. The van der Waals surface area contributed by atoms with Crippen molar-refractivity contribution in [3.8, 4) is 0 Å². The van der Waals surface area contributed by atoms with E-state index in [0.717, 1.165) is 57.6 Å². The number of likely N-dealkylation sites (tertiary alicyclic amines) is 2. The van der Waals surface area contributed by atoms with E-state index < -0.39 is 0 Å². The monoisotopic (exact) mass is 372 g/mol. The molecule has 0 saturated carbocycles. The molecule has 0 radical (unpaired) electrons. The SMILES string of the molecule is CC(C)C(=O)N1CCC(N2CCC[C@H](C(=O)NCc3ccccn3)C2)CC1. The molecule has 1 atom stereocenters. The van der Waals surface area contributed by atoms with E-state index in [9.17, 15) is 9.59 Å². The van der Waals surface area contributed by atoms with Crippen LogP contribution in [0.5, 0.6) is 0 Å². The van der Waals surface area contributed by atoms with Gasteiger partial charge in [-0.3, -0.25) is 19.5 Å². The summed E-state index contributed by atoms with van der Waals surface area (Å²) in [5.74, 6) is 0.526. The Labute approximate surface area is 162 Å². The zero-order valence-electron chi connectivity index (χ0n) is 16.6. The molecule has 1 N–H and O–H groups in total. The molecule has 2 aliphatic rings. The number of pyridine rings is 1. The van der Waals surface area contributed by atoms with Gasteiger partial charge in [0.2, 0.25) is 11.8 Å². The Morgan fingerprint density at radius 1 is 1.19 bits per heavy atom. The van der Waals surface area contributed by atoms with E-state index in [4.69, 9.17) is 0 Å². The predicted octanol–water partition coefficient (Wildman–Crippen LogP) is 2.06. The summed E-state index contributed by atoms with van der Waals surface area (Å²) >= 11 is 0. The number of carbonyl (C=O) groups excluding carboxylic acids is 2. The van der Waals surface area contributed by atoms with Crippen LogP contribution in [-0.4, -0.2) is 58.8 Å². The van der Waals surface area contributed by atoms with Gasteiger partial charge in [0.05, 0.1) is 18.2 Å². The van der Waals surface area contributed by atoms with Gasteiger partial charge in [0.1, 0.15) is 0 Å². The molecule has 2 amide bonds. The molecule has 0 spiro atoms. The van der Waals surface area contributed by atoms with Crippen molar-refractivity contribution in [3.05, 3.63) is 30.1 Å². The topological polar surface area (TPSA) is 65.5 Å². The quantitative estimate of drug-likeness (QED) is 0.859. The summed E-state index contributed by atoms with van der Waals surface area (Å²) in [6.07, 6.45) is 5.80. The van der Waals surface area contributed by atoms with Crippen molar-refractivity contribution < 1.29 is 9.59 Å². The number of rotatable bonds is 5. The van der Waals surface area contributed by atoms with Crippen molar-refractivity contribution in [1.29, 1.82) is 0 Å². The lowest BCUT2D eigenvalue weighted by Gasteiger charge is -2.42. The molecule has 0 aliphatic carbocycles. The summed E-state index contributed by atoms with van der Waals surface area (Å²) in [4.78, 5) is 33.5. The normalized spacial score (nSPS) is 22.0. The van der Waals surface area contributed by atoms with Crippen LogP contribution in [0.2, 0.25) is 0 Å². The largest absolute Gasteiger partial charge is 0.350 e. The smallest absolute Gasteiger partial charge is 0.225 e. The maximum atomic E-state index is 12.6. The molecule has 0 unspecified atom stereocenters. The zero-order chi connectivity index (χ0) is 19.2. The van der Waals surface area contributed by atoms with Gasteiger partial charge in [-0.1, -0.05) is 19.9 Å². The first-order chi connectivity index (χ1) is 13.0. The molecule has 27 heavy (non-hydrogen) atoms. The zero-order valence-corrected chi connectivity index (χ0v) is 16.6. The van der Waals surface area contributed by atoms with Gasteiger partial charge < -0.3 is 10.2 Å². The molecule has 1 aromatic heterocycles. The number of nitrogens with one attached hydrogen (secondary N) is 1. The van der Waals surface area contributed by atoms with E-state index in [2.05, 4.69) is 15.2 Å². The van der Waals surface area contributed by atoms with Crippen LogP contribution in [0, 0.1) is 11.8 Å². The Balaban J connectivity index is 1.46. The fourth-order valence-electron chi connectivity index (χ4n) is 4.19. The van der Waals surface area contributed by atoms with Gasteiger partial charge >= 0.3 is 0 Å². The van der Waals surface area contributed by atoms with Crippen LogP contribution >= 0.6 is 0 Å². The van der Waals surface area contributed by atoms with E-state index >= 15 is 0 Å². The number of hydrogen-bond donors (Lipinski definition) is 1. The number of piperidine rings is 2. The second-order valence-electron chi connectivity index (χ2n) is 8.08. The summed E-state index contributed by atoms with van der Waals surface area (Å²) in [5.41, 5.74) is 0.890. The molecular formula is C21H32N4O2. The molecule has 148 valence electrons. The first-order valence-electron chi connectivity index (χ1n) is 10.2. The average molecular weight is 373 g/mol. The number of carbonyl (C=O) groups is 2. The maximum Gasteiger partial charge on any atom is 0.225 e. The molecule has 0 aromatic carbocycles. The fourth-order valence-corrected chi connectivity index (χ4v) is 4.19. The number of hydrogen-bond acceptors (Lipinski definition) is 4. The van der Waals surface area contributed by atoms with E-state index in [0.29, 0.717) is 12.6 Å². The molecule has 6 heteroatoms. The minimum atomic E-state index is 0.0535. The highest BCUT2D eigenvalue weighted by Gasteiger charge is 2.32. The third-order valence-corrected chi connectivity index (χ3v) is 5.78. The standard InChI is InChI=1S/C21H32N4O2/c1-16(2)21(27)24-12-8-19(9-13-24)25-11-5-6-17(15-25)20(26)23-14-18-7-3-4-10-22-18/h3-4,7,10,16-17,19H,5-6,8-9,11-15H2,1-2H3,(H,23,26)/t17-/m0/s1. The van der Waals surface area contributed by atoms with E-state index in [-0.39, 0.29) is 23.7 Å². The first kappa shape index (κ1) is 19.8. The maximum absolute atomic E-state index is 12.6. The van der Waals surface area contributed by atoms with E-state index in [1.807, 2.05) is 36.9 Å². The van der Waals surface area contributed by atoms with Crippen molar-refractivity contribution in [3.63, 3.8) is 0 Å². The van der Waals surface area contributed by atoms with Crippen LogP contribution < -0.4 is 5.32 Å². The molecule has 2 fully saturated rings. The Morgan fingerprint density at radius 2 is 1.96 bits per heavy atom. The van der Waals surface area contributed by atoms with Gasteiger partial charge in [-0.05, 0) is 44.4 Å². The highest BCUT2D eigenvalue weighted by molar-refractivity contribution is 5.79. The number of nitrogens with zero attached hydrogens (tertiary/aromatic N) is 3. The lowest BCUT2D eigenvalue weighted by molar-refractivity contribution is -0.136. The van der Waals surface area contributed by atoms with Crippen molar-refractivity contribution in [1.82, 2.24) is 20.1 Å². The average Bonchev–Trinajstić information content (AvgIpc) is 2.72. The van der Waals surface area contributed by atoms with Gasteiger partial charge in [-0.25, -0.2) is 0 Å². The minimum Gasteiger partial charge on any atom is -0.350 e. The van der Waals surface area contributed by atoms with Gasteiger partial charge in [0, 0.05) is 37.8 Å². The third kappa shape index (κ3) is 5.28. The van der Waals surface area contributed by atoms with Gasteiger partial charge in [0.25, 0.3) is 0 Å².